The van der Waals surface area contributed by atoms with Crippen molar-refractivity contribution >= 4 is 5.97 Å². The highest BCUT2D eigenvalue weighted by molar-refractivity contribution is 5.66. The van der Waals surface area contributed by atoms with Crippen LogP contribution in [0.4, 0.5) is 0 Å². The average molecular weight is 284 g/mol. The fourth-order valence-electron chi connectivity index (χ4n) is 2.66. The zero-order valence-corrected chi connectivity index (χ0v) is 14.0. The molecule has 0 aromatic heterocycles. The first-order chi connectivity index (χ1) is 9.48. The van der Waals surface area contributed by atoms with Gasteiger partial charge in [-0.25, -0.2) is 0 Å². The summed E-state index contributed by atoms with van der Waals surface area (Å²) in [5.74, 6) is -0.666. The van der Waals surface area contributed by atoms with Crippen LogP contribution in [0.1, 0.15) is 104 Å². The lowest BCUT2D eigenvalue weighted by molar-refractivity contribution is -0.137. The highest BCUT2D eigenvalue weighted by Crippen LogP contribution is 2.29. The fourth-order valence-corrected chi connectivity index (χ4v) is 2.66. The van der Waals surface area contributed by atoms with E-state index in [1.165, 1.54) is 64.2 Å². The molecular formula is C18H36O2. The van der Waals surface area contributed by atoms with Crippen molar-refractivity contribution in [3.05, 3.63) is 0 Å². The molecule has 0 amide bonds. The first kappa shape index (κ1) is 19.5. The second-order valence-corrected chi connectivity index (χ2v) is 6.99. The molecule has 0 aliphatic rings. The summed E-state index contributed by atoms with van der Waals surface area (Å²) in [6.07, 6.45) is 15.9. The molecule has 0 radical (unpaired) electrons. The maximum absolute atomic E-state index is 10.6. The molecular weight excluding hydrogens is 248 g/mol. The van der Waals surface area contributed by atoms with Gasteiger partial charge in [0.25, 0.3) is 0 Å². The van der Waals surface area contributed by atoms with E-state index >= 15 is 0 Å². The van der Waals surface area contributed by atoms with E-state index in [1.807, 2.05) is 0 Å². The SMILES string of the molecule is CCCCCCCCCCCCC(C)(C)CCC(=O)O. The zero-order valence-electron chi connectivity index (χ0n) is 14.0. The first-order valence-electron chi connectivity index (χ1n) is 8.70. The van der Waals surface area contributed by atoms with E-state index in [2.05, 4.69) is 20.8 Å². The average Bonchev–Trinajstić information content (AvgIpc) is 2.39. The molecule has 0 saturated carbocycles. The van der Waals surface area contributed by atoms with Crippen molar-refractivity contribution in [2.45, 2.75) is 104 Å². The highest BCUT2D eigenvalue weighted by Gasteiger charge is 2.18. The number of rotatable bonds is 14. The van der Waals surface area contributed by atoms with Gasteiger partial charge >= 0.3 is 5.97 Å². The van der Waals surface area contributed by atoms with E-state index in [1.54, 1.807) is 0 Å². The van der Waals surface area contributed by atoms with E-state index in [-0.39, 0.29) is 5.41 Å². The van der Waals surface area contributed by atoms with Gasteiger partial charge in [0.15, 0.2) is 0 Å². The van der Waals surface area contributed by atoms with Gasteiger partial charge in [0.2, 0.25) is 0 Å². The molecule has 0 atom stereocenters. The minimum Gasteiger partial charge on any atom is -0.481 e. The lowest BCUT2D eigenvalue weighted by atomic mass is 9.82. The molecule has 0 unspecified atom stereocenters. The van der Waals surface area contributed by atoms with Crippen LogP contribution in [-0.4, -0.2) is 11.1 Å². The summed E-state index contributed by atoms with van der Waals surface area (Å²) >= 11 is 0. The van der Waals surface area contributed by atoms with Crippen LogP contribution in [0, 0.1) is 5.41 Å². The van der Waals surface area contributed by atoms with Crippen molar-refractivity contribution in [2.75, 3.05) is 0 Å². The van der Waals surface area contributed by atoms with Crippen molar-refractivity contribution in [1.82, 2.24) is 0 Å². The van der Waals surface area contributed by atoms with Crippen molar-refractivity contribution in [3.8, 4) is 0 Å². The van der Waals surface area contributed by atoms with Gasteiger partial charge < -0.3 is 5.11 Å². The third kappa shape index (κ3) is 13.9. The zero-order chi connectivity index (χ0) is 15.3. The predicted octanol–water partition coefficient (Wildman–Crippen LogP) is 6.19. The lowest BCUT2D eigenvalue weighted by Gasteiger charge is -2.23. The van der Waals surface area contributed by atoms with Crippen molar-refractivity contribution in [3.63, 3.8) is 0 Å². The number of carboxylic acid groups (broad SMARTS) is 1. The number of carboxylic acids is 1. The van der Waals surface area contributed by atoms with Gasteiger partial charge in [-0.15, -0.1) is 0 Å². The molecule has 0 aliphatic carbocycles. The molecule has 20 heavy (non-hydrogen) atoms. The molecule has 0 saturated heterocycles. The Hall–Kier alpha value is -0.530. The van der Waals surface area contributed by atoms with Gasteiger partial charge in [0.1, 0.15) is 0 Å². The Bertz CT molecular complexity index is 234. The lowest BCUT2D eigenvalue weighted by Crippen LogP contribution is -2.13. The Balaban J connectivity index is 3.32. The van der Waals surface area contributed by atoms with E-state index in [9.17, 15) is 4.79 Å². The molecule has 0 aromatic carbocycles. The van der Waals surface area contributed by atoms with E-state index in [0.29, 0.717) is 6.42 Å². The van der Waals surface area contributed by atoms with Crippen molar-refractivity contribution in [1.29, 1.82) is 0 Å². The third-order valence-corrected chi connectivity index (χ3v) is 4.22. The molecule has 0 rings (SSSR count). The molecule has 0 bridgehead atoms. The Kier molecular flexibility index (Phi) is 11.9. The van der Waals surface area contributed by atoms with Crippen LogP contribution in [-0.2, 0) is 4.79 Å². The molecule has 0 aromatic rings. The monoisotopic (exact) mass is 284 g/mol. The highest BCUT2D eigenvalue weighted by atomic mass is 16.4. The summed E-state index contributed by atoms with van der Waals surface area (Å²) in [7, 11) is 0. The molecule has 120 valence electrons. The number of unbranched alkanes of at least 4 members (excludes halogenated alkanes) is 9. The molecule has 0 aliphatic heterocycles. The van der Waals surface area contributed by atoms with Gasteiger partial charge in [0, 0.05) is 6.42 Å². The molecule has 0 spiro atoms. The number of hydrogen-bond acceptors (Lipinski definition) is 1. The molecule has 0 fully saturated rings. The van der Waals surface area contributed by atoms with Gasteiger partial charge in [-0.05, 0) is 18.3 Å². The van der Waals surface area contributed by atoms with Gasteiger partial charge in [0.05, 0.1) is 0 Å². The predicted molar refractivity (Wildman–Crippen MR) is 87.1 cm³/mol. The van der Waals surface area contributed by atoms with Crippen molar-refractivity contribution < 1.29 is 9.90 Å². The minimum absolute atomic E-state index is 0.193. The summed E-state index contributed by atoms with van der Waals surface area (Å²) < 4.78 is 0. The smallest absolute Gasteiger partial charge is 0.303 e. The summed E-state index contributed by atoms with van der Waals surface area (Å²) in [6.45, 7) is 6.66. The van der Waals surface area contributed by atoms with E-state index in [0.717, 1.165) is 12.8 Å². The summed E-state index contributed by atoms with van der Waals surface area (Å²) in [5.41, 5.74) is 0.193. The second-order valence-electron chi connectivity index (χ2n) is 6.99. The number of carbonyl (C=O) groups is 1. The summed E-state index contributed by atoms with van der Waals surface area (Å²) in [6, 6.07) is 0. The molecule has 2 heteroatoms. The van der Waals surface area contributed by atoms with Crippen LogP contribution >= 0.6 is 0 Å². The first-order valence-corrected chi connectivity index (χ1v) is 8.70. The topological polar surface area (TPSA) is 37.3 Å². The Morgan fingerprint density at radius 1 is 0.800 bits per heavy atom. The molecule has 1 N–H and O–H groups in total. The van der Waals surface area contributed by atoms with Crippen LogP contribution in [0.25, 0.3) is 0 Å². The van der Waals surface area contributed by atoms with Crippen LogP contribution < -0.4 is 0 Å². The summed E-state index contributed by atoms with van der Waals surface area (Å²) in [5, 5.41) is 8.72. The maximum Gasteiger partial charge on any atom is 0.303 e. The Labute approximate surface area is 126 Å². The molecule has 2 nitrogen and oxygen atoms in total. The maximum atomic E-state index is 10.6. The Morgan fingerprint density at radius 3 is 1.70 bits per heavy atom. The standard InChI is InChI=1S/C18H36O2/c1-4-5-6-7-8-9-10-11-12-13-15-18(2,3)16-14-17(19)20/h4-16H2,1-3H3,(H,19,20). The van der Waals surface area contributed by atoms with E-state index in [4.69, 9.17) is 5.11 Å². The number of hydrogen-bond donors (Lipinski definition) is 1. The number of aliphatic carboxylic acids is 1. The van der Waals surface area contributed by atoms with Crippen molar-refractivity contribution in [2.24, 2.45) is 5.41 Å². The second kappa shape index (κ2) is 12.2. The normalized spacial score (nSPS) is 11.8. The van der Waals surface area contributed by atoms with Crippen LogP contribution in [0.3, 0.4) is 0 Å². The van der Waals surface area contributed by atoms with Crippen LogP contribution in [0.15, 0.2) is 0 Å². The van der Waals surface area contributed by atoms with Gasteiger partial charge in [-0.1, -0.05) is 85.0 Å². The summed E-state index contributed by atoms with van der Waals surface area (Å²) in [4.78, 5) is 10.6. The quantitative estimate of drug-likeness (QED) is 0.386. The van der Waals surface area contributed by atoms with Gasteiger partial charge in [-0.3, -0.25) is 4.79 Å². The third-order valence-electron chi connectivity index (χ3n) is 4.22. The largest absolute Gasteiger partial charge is 0.481 e. The molecule has 0 heterocycles. The van der Waals surface area contributed by atoms with Gasteiger partial charge in [-0.2, -0.15) is 0 Å². The Morgan fingerprint density at radius 2 is 1.25 bits per heavy atom. The fraction of sp³-hybridized carbons (Fsp3) is 0.944. The minimum atomic E-state index is -0.666. The van der Waals surface area contributed by atoms with Crippen LogP contribution in [0.5, 0.6) is 0 Å². The van der Waals surface area contributed by atoms with E-state index < -0.39 is 5.97 Å². The van der Waals surface area contributed by atoms with Crippen LogP contribution in [0.2, 0.25) is 0 Å².